The maximum atomic E-state index is 12.3. The van der Waals surface area contributed by atoms with Gasteiger partial charge in [-0.15, -0.1) is 0 Å². The van der Waals surface area contributed by atoms with Crippen LogP contribution in [0.25, 0.3) is 0 Å². The van der Waals surface area contributed by atoms with Crippen molar-refractivity contribution < 1.29 is 14.3 Å². The van der Waals surface area contributed by atoms with Crippen LogP contribution >= 0.6 is 11.8 Å². The van der Waals surface area contributed by atoms with E-state index in [-0.39, 0.29) is 17.9 Å². The number of amides is 1. The normalized spacial score (nSPS) is 17.2. The van der Waals surface area contributed by atoms with Crippen molar-refractivity contribution in [3.8, 4) is 11.5 Å². The number of nitrogens with zero attached hydrogens (tertiary/aromatic N) is 1. The highest BCUT2D eigenvalue weighted by atomic mass is 32.2. The molecule has 1 amide bonds. The number of rotatable bonds is 5. The zero-order valence-electron chi connectivity index (χ0n) is 14.0. The van der Waals surface area contributed by atoms with Crippen molar-refractivity contribution in [2.45, 2.75) is 19.9 Å². The fourth-order valence-electron chi connectivity index (χ4n) is 2.71. The highest BCUT2D eigenvalue weighted by Gasteiger charge is 2.21. The van der Waals surface area contributed by atoms with Crippen LogP contribution in [0.3, 0.4) is 0 Å². The van der Waals surface area contributed by atoms with Crippen LogP contribution in [0.4, 0.5) is 0 Å². The Morgan fingerprint density at radius 2 is 2.12 bits per heavy atom. The highest BCUT2D eigenvalue weighted by molar-refractivity contribution is 8.14. The summed E-state index contributed by atoms with van der Waals surface area (Å²) in [7, 11) is 0. The second-order valence-electron chi connectivity index (χ2n) is 6.09. The molecule has 1 atom stereocenters. The molecule has 0 unspecified atom stereocenters. The molecule has 3 rings (SSSR count). The SMILES string of the molecule is CC(C)[C@H](NC(=O)CSC1=NCCN1)c1ccc2c(c1)OCCO2. The molecule has 0 fully saturated rings. The lowest BCUT2D eigenvalue weighted by Gasteiger charge is -2.25. The van der Waals surface area contributed by atoms with Crippen LogP contribution in [0.15, 0.2) is 23.2 Å². The van der Waals surface area contributed by atoms with Crippen molar-refractivity contribution in [3.05, 3.63) is 23.8 Å². The molecule has 0 bridgehead atoms. The van der Waals surface area contributed by atoms with E-state index in [4.69, 9.17) is 9.47 Å². The Hall–Kier alpha value is -1.89. The van der Waals surface area contributed by atoms with Gasteiger partial charge >= 0.3 is 0 Å². The second-order valence-corrected chi connectivity index (χ2v) is 7.06. The van der Waals surface area contributed by atoms with Gasteiger partial charge in [0.1, 0.15) is 13.2 Å². The van der Waals surface area contributed by atoms with Crippen molar-refractivity contribution in [3.63, 3.8) is 0 Å². The van der Waals surface area contributed by atoms with Gasteiger partial charge < -0.3 is 20.1 Å². The Morgan fingerprint density at radius 3 is 2.83 bits per heavy atom. The van der Waals surface area contributed by atoms with Gasteiger partial charge in [0.25, 0.3) is 0 Å². The van der Waals surface area contributed by atoms with E-state index in [0.717, 1.165) is 35.3 Å². The molecule has 0 aromatic heterocycles. The lowest BCUT2D eigenvalue weighted by molar-refractivity contribution is -0.119. The Labute approximate surface area is 146 Å². The molecule has 1 aromatic rings. The topological polar surface area (TPSA) is 72.0 Å². The molecule has 0 radical (unpaired) electrons. The summed E-state index contributed by atoms with van der Waals surface area (Å²) in [5.74, 6) is 2.14. The zero-order chi connectivity index (χ0) is 16.9. The molecular formula is C17H23N3O3S. The molecule has 24 heavy (non-hydrogen) atoms. The summed E-state index contributed by atoms with van der Waals surface area (Å²) in [6, 6.07) is 5.81. The Morgan fingerprint density at radius 1 is 1.33 bits per heavy atom. The van der Waals surface area contributed by atoms with Crippen molar-refractivity contribution in [1.29, 1.82) is 0 Å². The Bertz CT molecular complexity index is 634. The predicted molar refractivity (Wildman–Crippen MR) is 95.9 cm³/mol. The van der Waals surface area contributed by atoms with Crippen LogP contribution in [0, 0.1) is 5.92 Å². The number of thioether (sulfide) groups is 1. The van der Waals surface area contributed by atoms with Crippen molar-refractivity contribution >= 4 is 22.8 Å². The predicted octanol–water partition coefficient (Wildman–Crippen LogP) is 1.96. The smallest absolute Gasteiger partial charge is 0.230 e. The molecule has 2 aliphatic heterocycles. The van der Waals surface area contributed by atoms with E-state index in [9.17, 15) is 4.79 Å². The minimum absolute atomic E-state index is 0.00462. The lowest BCUT2D eigenvalue weighted by Crippen LogP contribution is -2.33. The molecule has 1 aromatic carbocycles. The number of carbonyl (C=O) groups excluding carboxylic acids is 1. The molecule has 0 spiro atoms. The second kappa shape index (κ2) is 7.79. The number of hydrogen-bond donors (Lipinski definition) is 2. The van der Waals surface area contributed by atoms with Crippen LogP contribution in [0.5, 0.6) is 11.5 Å². The fourth-order valence-corrected chi connectivity index (χ4v) is 3.45. The van der Waals surface area contributed by atoms with Crippen molar-refractivity contribution in [2.24, 2.45) is 10.9 Å². The molecule has 130 valence electrons. The average molecular weight is 349 g/mol. The van der Waals surface area contributed by atoms with Crippen LogP contribution in [0.1, 0.15) is 25.5 Å². The molecule has 0 saturated carbocycles. The van der Waals surface area contributed by atoms with E-state index in [1.54, 1.807) is 0 Å². The lowest BCUT2D eigenvalue weighted by atomic mass is 9.95. The largest absolute Gasteiger partial charge is 0.486 e. The number of fused-ring (bicyclic) bond motifs is 1. The minimum Gasteiger partial charge on any atom is -0.486 e. The maximum absolute atomic E-state index is 12.3. The summed E-state index contributed by atoms with van der Waals surface area (Å²) in [4.78, 5) is 16.6. The third-order valence-corrected chi connectivity index (χ3v) is 4.85. The zero-order valence-corrected chi connectivity index (χ0v) is 14.8. The number of nitrogens with one attached hydrogen (secondary N) is 2. The molecule has 2 aliphatic rings. The van der Waals surface area contributed by atoms with Gasteiger partial charge in [-0.2, -0.15) is 0 Å². The van der Waals surface area contributed by atoms with Crippen LogP contribution in [0.2, 0.25) is 0 Å². The van der Waals surface area contributed by atoms with Gasteiger partial charge in [0.2, 0.25) is 5.91 Å². The summed E-state index contributed by atoms with van der Waals surface area (Å²) in [6.45, 7) is 6.97. The van der Waals surface area contributed by atoms with Gasteiger partial charge in [-0.3, -0.25) is 9.79 Å². The Balaban J connectivity index is 1.64. The summed E-state index contributed by atoms with van der Waals surface area (Å²) < 4.78 is 11.2. The first kappa shape index (κ1) is 17.0. The first-order valence-electron chi connectivity index (χ1n) is 8.23. The fraction of sp³-hybridized carbons (Fsp3) is 0.529. The third kappa shape index (κ3) is 4.14. The molecule has 2 N–H and O–H groups in total. The Kier molecular flexibility index (Phi) is 5.50. The van der Waals surface area contributed by atoms with Crippen LogP contribution < -0.4 is 20.1 Å². The molecule has 0 saturated heterocycles. The third-order valence-electron chi connectivity index (χ3n) is 3.89. The van der Waals surface area contributed by atoms with Gasteiger partial charge in [-0.1, -0.05) is 31.7 Å². The quantitative estimate of drug-likeness (QED) is 0.850. The first-order chi connectivity index (χ1) is 11.6. The monoisotopic (exact) mass is 349 g/mol. The summed E-state index contributed by atoms with van der Waals surface area (Å²) in [5, 5.41) is 7.13. The summed E-state index contributed by atoms with van der Waals surface area (Å²) >= 11 is 1.45. The van der Waals surface area contributed by atoms with Gasteiger partial charge in [0, 0.05) is 6.54 Å². The highest BCUT2D eigenvalue weighted by Crippen LogP contribution is 2.34. The number of carbonyl (C=O) groups is 1. The standard InChI is InChI=1S/C17H23N3O3S/c1-11(2)16(20-15(21)10-24-17-18-5-6-19-17)12-3-4-13-14(9-12)23-8-7-22-13/h3-4,9,11,16H,5-8,10H2,1-2H3,(H,18,19)(H,20,21)/t16-/m0/s1. The van der Waals surface area contributed by atoms with E-state index in [0.29, 0.717) is 19.0 Å². The molecule has 0 aliphatic carbocycles. The molecular weight excluding hydrogens is 326 g/mol. The number of benzene rings is 1. The summed E-state index contributed by atoms with van der Waals surface area (Å²) in [5.41, 5.74) is 1.03. The van der Waals surface area contributed by atoms with E-state index in [1.807, 2.05) is 18.2 Å². The van der Waals surface area contributed by atoms with Gasteiger partial charge in [-0.25, -0.2) is 0 Å². The van der Waals surface area contributed by atoms with E-state index < -0.39 is 0 Å². The average Bonchev–Trinajstić information content (AvgIpc) is 3.10. The van der Waals surface area contributed by atoms with Gasteiger partial charge in [-0.05, 0) is 23.6 Å². The van der Waals surface area contributed by atoms with Crippen molar-refractivity contribution in [1.82, 2.24) is 10.6 Å². The number of hydrogen-bond acceptors (Lipinski definition) is 6. The number of amidine groups is 1. The first-order valence-corrected chi connectivity index (χ1v) is 9.22. The number of aliphatic imine (C=N–C) groups is 1. The van der Waals surface area contributed by atoms with E-state index in [1.165, 1.54) is 11.8 Å². The maximum Gasteiger partial charge on any atom is 0.230 e. The van der Waals surface area contributed by atoms with Crippen LogP contribution in [-0.4, -0.2) is 43.1 Å². The minimum atomic E-state index is -0.0626. The molecule has 2 heterocycles. The number of ether oxygens (including phenoxy) is 2. The van der Waals surface area contributed by atoms with E-state index in [2.05, 4.69) is 29.5 Å². The molecule has 7 heteroatoms. The van der Waals surface area contributed by atoms with Crippen LogP contribution in [-0.2, 0) is 4.79 Å². The van der Waals surface area contributed by atoms with Gasteiger partial charge in [0.15, 0.2) is 16.7 Å². The molecule has 6 nitrogen and oxygen atoms in total. The van der Waals surface area contributed by atoms with E-state index >= 15 is 0 Å². The van der Waals surface area contributed by atoms with Gasteiger partial charge in [0.05, 0.1) is 18.3 Å². The summed E-state index contributed by atoms with van der Waals surface area (Å²) in [6.07, 6.45) is 0. The van der Waals surface area contributed by atoms with Crippen molar-refractivity contribution in [2.75, 3.05) is 32.1 Å².